The van der Waals surface area contributed by atoms with Crippen LogP contribution in [0, 0.1) is 5.82 Å². The van der Waals surface area contributed by atoms with Crippen molar-refractivity contribution >= 4 is 46.4 Å². The van der Waals surface area contributed by atoms with Crippen LogP contribution in [0.3, 0.4) is 0 Å². The summed E-state index contributed by atoms with van der Waals surface area (Å²) < 4.78 is 19.1. The van der Waals surface area contributed by atoms with Crippen LogP contribution < -0.4 is 25.6 Å². The molecule has 12 heteroatoms. The molecule has 0 aromatic heterocycles. The number of anilines is 4. The highest BCUT2D eigenvalue weighted by Crippen LogP contribution is 2.27. The molecule has 1 aliphatic heterocycles. The van der Waals surface area contributed by atoms with Crippen LogP contribution in [0.1, 0.15) is 0 Å². The van der Waals surface area contributed by atoms with Crippen molar-refractivity contribution in [3.63, 3.8) is 0 Å². The zero-order chi connectivity index (χ0) is 27.8. The number of benzene rings is 3. The van der Waals surface area contributed by atoms with Gasteiger partial charge in [-0.15, -0.1) is 0 Å². The molecule has 3 aromatic rings. The van der Waals surface area contributed by atoms with Crippen LogP contribution in [0.15, 0.2) is 66.7 Å². The van der Waals surface area contributed by atoms with Crippen molar-refractivity contribution in [1.29, 1.82) is 0 Å². The number of carbonyl (C=O) groups is 2. The highest BCUT2D eigenvalue weighted by Gasteiger charge is 2.22. The summed E-state index contributed by atoms with van der Waals surface area (Å²) in [6.45, 7) is 1.73. The molecule has 10 nitrogen and oxygen atoms in total. The van der Waals surface area contributed by atoms with E-state index in [1.807, 2.05) is 12.1 Å². The van der Waals surface area contributed by atoms with Gasteiger partial charge < -0.3 is 40.7 Å². The van der Waals surface area contributed by atoms with Gasteiger partial charge in [-0.2, -0.15) is 0 Å². The van der Waals surface area contributed by atoms with E-state index >= 15 is 0 Å². The fraction of sp³-hybridized carbons (Fsp3) is 0.259. The molecular formula is C27H29ClFN5O5. The fourth-order valence-corrected chi connectivity index (χ4v) is 4.11. The normalized spacial score (nSPS) is 13.9. The SMILES string of the molecule is O=C(Nc1ccc(N2CCN(C(=O)Nc3ccc(OCC(O)CO)cc3Cl)CC2)cc1)Nc1ccccc1F. The molecule has 1 atom stereocenters. The molecule has 1 heterocycles. The van der Waals surface area contributed by atoms with Crippen LogP contribution in [0.2, 0.25) is 5.02 Å². The number of hydrogen-bond donors (Lipinski definition) is 5. The van der Waals surface area contributed by atoms with E-state index in [1.54, 1.807) is 41.3 Å². The van der Waals surface area contributed by atoms with Gasteiger partial charge in [0, 0.05) is 43.6 Å². The Bertz CT molecular complexity index is 1290. The number of rotatable bonds is 8. The minimum Gasteiger partial charge on any atom is -0.491 e. The van der Waals surface area contributed by atoms with Gasteiger partial charge in [-0.05, 0) is 48.5 Å². The summed E-state index contributed by atoms with van der Waals surface area (Å²) >= 11 is 6.28. The lowest BCUT2D eigenvalue weighted by Crippen LogP contribution is -2.50. The van der Waals surface area contributed by atoms with Crippen molar-refractivity contribution < 1.29 is 28.9 Å². The molecule has 5 N–H and O–H groups in total. The molecule has 1 saturated heterocycles. The third-order valence-electron chi connectivity index (χ3n) is 6.01. The zero-order valence-electron chi connectivity index (χ0n) is 20.9. The van der Waals surface area contributed by atoms with E-state index in [-0.39, 0.29) is 23.3 Å². The second-order valence-electron chi connectivity index (χ2n) is 8.80. The first-order valence-electron chi connectivity index (χ1n) is 12.3. The average molecular weight is 558 g/mol. The number of amides is 4. The quantitative estimate of drug-likeness (QED) is 0.282. The number of piperazine rings is 1. The Balaban J connectivity index is 1.24. The summed E-state index contributed by atoms with van der Waals surface area (Å²) in [5.41, 5.74) is 2.03. The van der Waals surface area contributed by atoms with Gasteiger partial charge in [-0.3, -0.25) is 0 Å². The van der Waals surface area contributed by atoms with E-state index in [1.165, 1.54) is 18.2 Å². The van der Waals surface area contributed by atoms with Gasteiger partial charge in [0.1, 0.15) is 24.3 Å². The van der Waals surface area contributed by atoms with Gasteiger partial charge in [0.15, 0.2) is 0 Å². The van der Waals surface area contributed by atoms with Gasteiger partial charge >= 0.3 is 12.1 Å². The molecule has 39 heavy (non-hydrogen) atoms. The molecule has 1 unspecified atom stereocenters. The highest BCUT2D eigenvalue weighted by molar-refractivity contribution is 6.33. The number of aliphatic hydroxyl groups is 2. The number of hydrogen-bond acceptors (Lipinski definition) is 6. The molecule has 0 spiro atoms. The summed E-state index contributed by atoms with van der Waals surface area (Å²) in [5, 5.41) is 26.5. The number of aliphatic hydroxyl groups excluding tert-OH is 2. The van der Waals surface area contributed by atoms with Gasteiger partial charge in [0.05, 0.1) is 23.0 Å². The number of para-hydroxylation sites is 1. The Kier molecular flexibility index (Phi) is 9.42. The number of nitrogens with one attached hydrogen (secondary N) is 3. The number of urea groups is 2. The number of ether oxygens (including phenoxy) is 1. The van der Waals surface area contributed by atoms with Crippen LogP contribution in [0.4, 0.5) is 36.7 Å². The maximum atomic E-state index is 13.7. The second kappa shape index (κ2) is 13.1. The lowest BCUT2D eigenvalue weighted by Gasteiger charge is -2.36. The zero-order valence-corrected chi connectivity index (χ0v) is 21.7. The largest absolute Gasteiger partial charge is 0.491 e. The third kappa shape index (κ3) is 7.73. The minimum absolute atomic E-state index is 0.0765. The molecule has 0 bridgehead atoms. The lowest BCUT2D eigenvalue weighted by atomic mass is 10.2. The Hall–Kier alpha value is -4.06. The molecule has 1 aliphatic rings. The fourth-order valence-electron chi connectivity index (χ4n) is 3.90. The average Bonchev–Trinajstić information content (AvgIpc) is 2.94. The molecule has 206 valence electrons. The van der Waals surface area contributed by atoms with Crippen LogP contribution in [-0.2, 0) is 0 Å². The van der Waals surface area contributed by atoms with Crippen molar-refractivity contribution in [2.24, 2.45) is 0 Å². The first-order chi connectivity index (χ1) is 18.8. The first kappa shape index (κ1) is 28.0. The Morgan fingerprint density at radius 1 is 0.949 bits per heavy atom. The van der Waals surface area contributed by atoms with E-state index in [0.29, 0.717) is 43.3 Å². The highest BCUT2D eigenvalue weighted by atomic mass is 35.5. The summed E-state index contributed by atoms with van der Waals surface area (Å²) in [6.07, 6.45) is -0.991. The number of carbonyl (C=O) groups excluding carboxylic acids is 2. The van der Waals surface area contributed by atoms with Crippen molar-refractivity contribution in [2.45, 2.75) is 6.10 Å². The van der Waals surface area contributed by atoms with E-state index in [0.717, 1.165) is 5.69 Å². The molecule has 1 fully saturated rings. The van der Waals surface area contributed by atoms with Gasteiger partial charge in [-0.25, -0.2) is 14.0 Å². The number of nitrogens with zero attached hydrogens (tertiary/aromatic N) is 2. The molecule has 0 saturated carbocycles. The molecular weight excluding hydrogens is 529 g/mol. The Morgan fingerprint density at radius 3 is 2.33 bits per heavy atom. The van der Waals surface area contributed by atoms with E-state index in [4.69, 9.17) is 21.4 Å². The first-order valence-corrected chi connectivity index (χ1v) is 12.6. The maximum Gasteiger partial charge on any atom is 0.323 e. The van der Waals surface area contributed by atoms with Crippen LogP contribution in [0.5, 0.6) is 5.75 Å². The van der Waals surface area contributed by atoms with Crippen molar-refractivity contribution in [2.75, 3.05) is 60.2 Å². The van der Waals surface area contributed by atoms with Crippen molar-refractivity contribution in [3.05, 3.63) is 77.6 Å². The second-order valence-corrected chi connectivity index (χ2v) is 9.21. The van der Waals surface area contributed by atoms with Gasteiger partial charge in [0.25, 0.3) is 0 Å². The molecule has 0 aliphatic carbocycles. The molecule has 4 rings (SSSR count). The summed E-state index contributed by atoms with van der Waals surface area (Å²) in [6, 6.07) is 17.1. The molecule has 4 amide bonds. The van der Waals surface area contributed by atoms with Crippen molar-refractivity contribution in [3.8, 4) is 5.75 Å². The maximum absolute atomic E-state index is 13.7. The molecule has 3 aromatic carbocycles. The monoisotopic (exact) mass is 557 g/mol. The Labute approximate surface area is 229 Å². The van der Waals surface area contributed by atoms with Crippen LogP contribution in [0.25, 0.3) is 0 Å². The van der Waals surface area contributed by atoms with Crippen molar-refractivity contribution in [1.82, 2.24) is 4.90 Å². The standard InChI is InChI=1S/C27H29ClFN5O5/c28-22-15-21(39-17-20(36)16-35)9-10-24(22)32-27(38)34-13-11-33(12-14-34)19-7-5-18(6-8-19)30-26(37)31-25-4-2-1-3-23(25)29/h1-10,15,20,35-36H,11-14,16-17H2,(H,32,38)(H2,30,31,37). The predicted molar refractivity (Wildman–Crippen MR) is 148 cm³/mol. The third-order valence-corrected chi connectivity index (χ3v) is 6.33. The van der Waals surface area contributed by atoms with E-state index < -0.39 is 24.6 Å². The smallest absolute Gasteiger partial charge is 0.323 e. The Morgan fingerprint density at radius 2 is 1.67 bits per heavy atom. The van der Waals surface area contributed by atoms with E-state index in [9.17, 15) is 19.1 Å². The topological polar surface area (TPSA) is 126 Å². The van der Waals surface area contributed by atoms with Crippen LogP contribution in [-0.4, -0.2) is 72.7 Å². The molecule has 0 radical (unpaired) electrons. The van der Waals surface area contributed by atoms with E-state index in [2.05, 4.69) is 20.9 Å². The minimum atomic E-state index is -0.991. The predicted octanol–water partition coefficient (Wildman–Crippen LogP) is 4.21. The number of halogens is 2. The van der Waals surface area contributed by atoms with Gasteiger partial charge in [0.2, 0.25) is 0 Å². The lowest BCUT2D eigenvalue weighted by molar-refractivity contribution is 0.0536. The summed E-state index contributed by atoms with van der Waals surface area (Å²) in [4.78, 5) is 28.8. The summed E-state index contributed by atoms with van der Waals surface area (Å²) in [5.74, 6) is -0.107. The van der Waals surface area contributed by atoms with Crippen LogP contribution >= 0.6 is 11.6 Å². The summed E-state index contributed by atoms with van der Waals surface area (Å²) in [7, 11) is 0. The van der Waals surface area contributed by atoms with Gasteiger partial charge in [-0.1, -0.05) is 23.7 Å².